The Morgan fingerprint density at radius 2 is 2.13 bits per heavy atom. The third kappa shape index (κ3) is 2.22. The summed E-state index contributed by atoms with van der Waals surface area (Å²) in [6.07, 6.45) is 2.85. The highest BCUT2D eigenvalue weighted by atomic mass is 79.9. The van der Waals surface area contributed by atoms with Gasteiger partial charge in [0.05, 0.1) is 0 Å². The second-order valence-electron chi connectivity index (χ2n) is 2.50. The number of rotatable bonds is 2. The fraction of sp³-hybridized carbons (Fsp3) is 0. The second kappa shape index (κ2) is 4.34. The third-order valence-electron chi connectivity index (χ3n) is 1.54. The van der Waals surface area contributed by atoms with Gasteiger partial charge in [0.1, 0.15) is 4.60 Å². The Morgan fingerprint density at radius 3 is 2.73 bits per heavy atom. The van der Waals surface area contributed by atoms with Gasteiger partial charge in [-0.1, -0.05) is 11.6 Å². The van der Waals surface area contributed by atoms with E-state index in [0.717, 1.165) is 0 Å². The lowest BCUT2D eigenvalue weighted by atomic mass is 10.3. The summed E-state index contributed by atoms with van der Waals surface area (Å²) < 4.78 is 0.621. The lowest BCUT2D eigenvalue weighted by Crippen LogP contribution is -2.05. The van der Waals surface area contributed by atoms with E-state index in [1.165, 1.54) is 23.7 Å². The summed E-state index contributed by atoms with van der Waals surface area (Å²) in [4.78, 5) is 23.5. The summed E-state index contributed by atoms with van der Waals surface area (Å²) in [6.45, 7) is 0. The highest BCUT2D eigenvalue weighted by molar-refractivity contribution is 9.10. The number of ketones is 1. The first-order valence-electron chi connectivity index (χ1n) is 3.80. The topological polar surface area (TPSA) is 55.7 Å². The van der Waals surface area contributed by atoms with E-state index in [1.54, 1.807) is 5.38 Å². The quantitative estimate of drug-likeness (QED) is 0.800. The van der Waals surface area contributed by atoms with Gasteiger partial charge in [0, 0.05) is 17.8 Å². The smallest absolute Gasteiger partial charge is 0.243 e. The van der Waals surface area contributed by atoms with Crippen molar-refractivity contribution in [2.24, 2.45) is 0 Å². The van der Waals surface area contributed by atoms with Gasteiger partial charge in [-0.05, 0) is 15.9 Å². The molecule has 0 radical (unpaired) electrons. The number of carbonyl (C=O) groups excluding carboxylic acids is 1. The van der Waals surface area contributed by atoms with Gasteiger partial charge in [-0.15, -0.1) is 11.3 Å². The van der Waals surface area contributed by atoms with Gasteiger partial charge in [-0.2, -0.15) is 0 Å². The van der Waals surface area contributed by atoms with Gasteiger partial charge >= 0.3 is 0 Å². The Balaban J connectivity index is 2.41. The van der Waals surface area contributed by atoms with Crippen LogP contribution in [0.3, 0.4) is 0 Å². The van der Waals surface area contributed by atoms with Crippen molar-refractivity contribution >= 4 is 44.7 Å². The molecule has 2 aromatic heterocycles. The molecular formula is C8H3BrClN3OS. The number of aromatic nitrogens is 3. The molecule has 0 spiro atoms. The number of hydrogen-bond acceptors (Lipinski definition) is 5. The molecule has 0 saturated carbocycles. The molecule has 76 valence electrons. The van der Waals surface area contributed by atoms with Gasteiger partial charge in [-0.3, -0.25) is 4.79 Å². The zero-order valence-electron chi connectivity index (χ0n) is 7.15. The minimum absolute atomic E-state index is 0.0915. The van der Waals surface area contributed by atoms with Crippen molar-refractivity contribution in [3.8, 4) is 0 Å². The molecule has 15 heavy (non-hydrogen) atoms. The van der Waals surface area contributed by atoms with E-state index in [-0.39, 0.29) is 16.6 Å². The molecular weight excluding hydrogens is 302 g/mol. The molecule has 0 bridgehead atoms. The maximum atomic E-state index is 11.8. The molecule has 0 amide bonds. The van der Waals surface area contributed by atoms with Crippen molar-refractivity contribution in [1.82, 2.24) is 15.0 Å². The van der Waals surface area contributed by atoms with E-state index in [2.05, 4.69) is 30.9 Å². The molecule has 2 rings (SSSR count). The number of carbonyl (C=O) groups is 1. The summed E-state index contributed by atoms with van der Waals surface area (Å²) in [7, 11) is 0. The van der Waals surface area contributed by atoms with Gasteiger partial charge in [0.2, 0.25) is 5.78 Å². The average Bonchev–Trinajstić information content (AvgIpc) is 2.65. The first kappa shape index (κ1) is 10.7. The van der Waals surface area contributed by atoms with E-state index in [9.17, 15) is 4.79 Å². The molecule has 0 aliphatic rings. The summed E-state index contributed by atoms with van der Waals surface area (Å²) >= 11 is 10.1. The first-order valence-corrected chi connectivity index (χ1v) is 5.86. The Labute approximate surface area is 102 Å². The van der Waals surface area contributed by atoms with Crippen LogP contribution in [0.1, 0.15) is 15.5 Å². The van der Waals surface area contributed by atoms with Crippen molar-refractivity contribution in [1.29, 1.82) is 0 Å². The summed E-state index contributed by atoms with van der Waals surface area (Å²) in [5.74, 6) is -0.316. The molecule has 0 aliphatic heterocycles. The Kier molecular flexibility index (Phi) is 3.08. The lowest BCUT2D eigenvalue weighted by Gasteiger charge is -1.96. The van der Waals surface area contributed by atoms with Crippen LogP contribution >= 0.6 is 38.9 Å². The van der Waals surface area contributed by atoms with Gasteiger partial charge in [0.25, 0.3) is 0 Å². The average molecular weight is 305 g/mol. The van der Waals surface area contributed by atoms with Crippen LogP contribution in [0, 0.1) is 0 Å². The Morgan fingerprint density at radius 1 is 1.40 bits per heavy atom. The highest BCUT2D eigenvalue weighted by Gasteiger charge is 2.18. The van der Waals surface area contributed by atoms with E-state index >= 15 is 0 Å². The van der Waals surface area contributed by atoms with Crippen LogP contribution in [0.15, 0.2) is 22.4 Å². The molecule has 0 aromatic carbocycles. The monoisotopic (exact) mass is 303 g/mol. The van der Waals surface area contributed by atoms with Crippen LogP contribution in [0.5, 0.6) is 0 Å². The molecule has 0 saturated heterocycles. The fourth-order valence-corrected chi connectivity index (χ4v) is 2.32. The van der Waals surface area contributed by atoms with Crippen molar-refractivity contribution in [3.05, 3.63) is 38.2 Å². The number of nitrogens with zero attached hydrogens (tertiary/aromatic N) is 3. The molecule has 0 atom stereocenters. The first-order chi connectivity index (χ1) is 7.18. The molecule has 0 fully saturated rings. The van der Waals surface area contributed by atoms with Gasteiger partial charge in [0.15, 0.2) is 15.9 Å². The van der Waals surface area contributed by atoms with Crippen molar-refractivity contribution in [3.63, 3.8) is 0 Å². The Hall–Kier alpha value is -0.850. The molecule has 7 heteroatoms. The number of halogens is 2. The van der Waals surface area contributed by atoms with E-state index in [1.807, 2.05) is 0 Å². The minimum atomic E-state index is -0.316. The molecule has 4 nitrogen and oxygen atoms in total. The highest BCUT2D eigenvalue weighted by Crippen LogP contribution is 2.19. The van der Waals surface area contributed by atoms with E-state index in [4.69, 9.17) is 11.6 Å². The van der Waals surface area contributed by atoms with E-state index in [0.29, 0.717) is 9.61 Å². The second-order valence-corrected chi connectivity index (χ2v) is 4.53. The van der Waals surface area contributed by atoms with E-state index < -0.39 is 0 Å². The van der Waals surface area contributed by atoms with Gasteiger partial charge in [-0.25, -0.2) is 15.0 Å². The predicted octanol–water partition coefficient (Wildman–Crippen LogP) is 2.58. The third-order valence-corrected chi connectivity index (χ3v) is 3.37. The SMILES string of the molecule is O=C(c1nc(Br)cs1)c1nccnc1Cl. The van der Waals surface area contributed by atoms with Crippen molar-refractivity contribution in [2.75, 3.05) is 0 Å². The standard InChI is InChI=1S/C8H3BrClN3OS/c9-4-3-15-8(13-4)6(14)5-7(10)12-2-1-11-5/h1-3H. The summed E-state index contributed by atoms with van der Waals surface area (Å²) in [5.41, 5.74) is 0.126. The molecule has 0 unspecified atom stereocenters. The van der Waals surface area contributed by atoms with Crippen molar-refractivity contribution < 1.29 is 4.79 Å². The largest absolute Gasteiger partial charge is 0.284 e. The predicted molar refractivity (Wildman–Crippen MR) is 60.3 cm³/mol. The fourth-order valence-electron chi connectivity index (χ4n) is 0.933. The Bertz CT molecular complexity index is 516. The normalized spacial score (nSPS) is 10.3. The van der Waals surface area contributed by atoms with Crippen LogP contribution in [0.25, 0.3) is 0 Å². The molecule has 2 aromatic rings. The zero-order chi connectivity index (χ0) is 10.8. The summed E-state index contributed by atoms with van der Waals surface area (Å²) in [6, 6.07) is 0. The van der Waals surface area contributed by atoms with Crippen LogP contribution in [0.2, 0.25) is 5.15 Å². The molecule has 0 aliphatic carbocycles. The van der Waals surface area contributed by atoms with Gasteiger partial charge < -0.3 is 0 Å². The van der Waals surface area contributed by atoms with Crippen LogP contribution in [0.4, 0.5) is 0 Å². The number of hydrogen-bond donors (Lipinski definition) is 0. The van der Waals surface area contributed by atoms with Crippen LogP contribution in [-0.4, -0.2) is 20.7 Å². The van der Waals surface area contributed by atoms with Crippen LogP contribution < -0.4 is 0 Å². The van der Waals surface area contributed by atoms with Crippen molar-refractivity contribution in [2.45, 2.75) is 0 Å². The summed E-state index contributed by atoms with van der Waals surface area (Å²) in [5, 5.41) is 2.15. The maximum Gasteiger partial charge on any atom is 0.243 e. The molecule has 2 heterocycles. The maximum absolute atomic E-state index is 11.8. The molecule has 0 N–H and O–H groups in total. The number of thiazole rings is 1. The minimum Gasteiger partial charge on any atom is -0.284 e. The zero-order valence-corrected chi connectivity index (χ0v) is 10.3. The lowest BCUT2D eigenvalue weighted by molar-refractivity contribution is 0.103. The van der Waals surface area contributed by atoms with Crippen LogP contribution in [-0.2, 0) is 0 Å².